The van der Waals surface area contributed by atoms with Crippen LogP contribution in [0.3, 0.4) is 0 Å². The van der Waals surface area contributed by atoms with Crippen LogP contribution in [-0.4, -0.2) is 32.1 Å². The van der Waals surface area contributed by atoms with Crippen LogP contribution in [0.1, 0.15) is 38.1 Å². The van der Waals surface area contributed by atoms with E-state index >= 15 is 0 Å². The molecule has 0 aliphatic rings. The molecule has 0 bridgehead atoms. The summed E-state index contributed by atoms with van der Waals surface area (Å²) in [6.45, 7) is 0. The number of methoxy groups -OCH3 is 2. The molecule has 1 aromatic heterocycles. The smallest absolute Gasteiger partial charge is 0.337 e. The summed E-state index contributed by atoms with van der Waals surface area (Å²) in [6, 6.07) is 9.38. The van der Waals surface area contributed by atoms with Gasteiger partial charge in [-0.15, -0.1) is 11.3 Å². The van der Waals surface area contributed by atoms with E-state index in [0.717, 1.165) is 4.88 Å². The minimum absolute atomic E-state index is 0.0272. The first-order valence-corrected chi connectivity index (χ1v) is 8.02. The van der Waals surface area contributed by atoms with Crippen LogP contribution in [0.5, 0.6) is 0 Å². The summed E-state index contributed by atoms with van der Waals surface area (Å²) in [5.41, 5.74) is 0.593. The Hall–Kier alpha value is -2.67. The van der Waals surface area contributed by atoms with Crippen molar-refractivity contribution in [2.75, 3.05) is 14.2 Å². The van der Waals surface area contributed by atoms with Gasteiger partial charge in [-0.05, 0) is 29.6 Å². The molecule has 0 aliphatic carbocycles. The molecule has 126 valence electrons. The molecule has 1 heterocycles. The number of rotatable bonds is 6. The van der Waals surface area contributed by atoms with Gasteiger partial charge in [0.1, 0.15) is 0 Å². The molecule has 1 amide bonds. The average molecular weight is 347 g/mol. The zero-order valence-electron chi connectivity index (χ0n) is 13.3. The number of carbonyl (C=O) groups is 3. The summed E-state index contributed by atoms with van der Waals surface area (Å²) < 4.78 is 9.33. The van der Waals surface area contributed by atoms with Crippen LogP contribution >= 0.6 is 11.3 Å². The molecular formula is C17H17NO5S. The summed E-state index contributed by atoms with van der Waals surface area (Å²) in [7, 11) is 2.58. The van der Waals surface area contributed by atoms with Gasteiger partial charge in [-0.25, -0.2) is 4.79 Å². The first-order valence-electron chi connectivity index (χ1n) is 7.14. The molecule has 2 aromatic rings. The van der Waals surface area contributed by atoms with Crippen LogP contribution in [0.25, 0.3) is 0 Å². The molecular weight excluding hydrogens is 330 g/mol. The van der Waals surface area contributed by atoms with Crippen LogP contribution < -0.4 is 5.32 Å². The van der Waals surface area contributed by atoms with Gasteiger partial charge in [-0.3, -0.25) is 9.59 Å². The van der Waals surface area contributed by atoms with E-state index in [2.05, 4.69) is 14.8 Å². The molecule has 7 heteroatoms. The van der Waals surface area contributed by atoms with Crippen LogP contribution in [0.2, 0.25) is 0 Å². The lowest BCUT2D eigenvalue weighted by Gasteiger charge is -2.16. The number of nitrogens with one attached hydrogen (secondary N) is 1. The summed E-state index contributed by atoms with van der Waals surface area (Å²) in [6.07, 6.45) is 0.0272. The van der Waals surface area contributed by atoms with Crippen LogP contribution in [0, 0.1) is 0 Å². The number of thiophene rings is 1. The molecule has 0 spiro atoms. The molecule has 2 rings (SSSR count). The van der Waals surface area contributed by atoms with Crippen molar-refractivity contribution < 1.29 is 23.9 Å². The Morgan fingerprint density at radius 2 is 1.83 bits per heavy atom. The molecule has 6 nitrogen and oxygen atoms in total. The maximum atomic E-state index is 12.5. The molecule has 1 atom stereocenters. The van der Waals surface area contributed by atoms with Gasteiger partial charge in [0.15, 0.2) is 0 Å². The minimum Gasteiger partial charge on any atom is -0.469 e. The lowest BCUT2D eigenvalue weighted by molar-refractivity contribution is -0.141. The fourth-order valence-corrected chi connectivity index (χ4v) is 2.89. The predicted molar refractivity (Wildman–Crippen MR) is 88.9 cm³/mol. The standard InChI is InChI=1S/C17H17NO5S/c1-22-15(19)10-13(14-7-4-8-24-14)18-16(20)11-5-3-6-12(9-11)17(21)23-2/h3-9,13H,10H2,1-2H3,(H,18,20)/t13-/m0/s1. The van der Waals surface area contributed by atoms with Gasteiger partial charge >= 0.3 is 11.9 Å². The van der Waals surface area contributed by atoms with E-state index in [4.69, 9.17) is 0 Å². The Balaban J connectivity index is 2.18. The monoisotopic (exact) mass is 347 g/mol. The summed E-state index contributed by atoms with van der Waals surface area (Å²) in [5.74, 6) is -1.32. The van der Waals surface area contributed by atoms with Crippen molar-refractivity contribution in [2.45, 2.75) is 12.5 Å². The Kier molecular flexibility index (Phi) is 6.08. The summed E-state index contributed by atoms with van der Waals surface area (Å²) in [5, 5.41) is 4.67. The van der Waals surface area contributed by atoms with Crippen LogP contribution in [0.15, 0.2) is 41.8 Å². The number of esters is 2. The van der Waals surface area contributed by atoms with E-state index in [1.165, 1.54) is 31.6 Å². The molecule has 1 N–H and O–H groups in total. The predicted octanol–water partition coefficient (Wildman–Crippen LogP) is 2.57. The van der Waals surface area contributed by atoms with E-state index in [1.807, 2.05) is 17.5 Å². The molecule has 0 unspecified atom stereocenters. The Labute approximate surface area is 143 Å². The lowest BCUT2D eigenvalue weighted by Crippen LogP contribution is -2.30. The fourth-order valence-electron chi connectivity index (χ4n) is 2.11. The third kappa shape index (κ3) is 4.42. The first-order chi connectivity index (χ1) is 11.5. The Morgan fingerprint density at radius 1 is 1.08 bits per heavy atom. The molecule has 1 aromatic carbocycles. The minimum atomic E-state index is -0.519. The average Bonchev–Trinajstić information content (AvgIpc) is 3.14. The maximum absolute atomic E-state index is 12.5. The van der Waals surface area contributed by atoms with Gasteiger partial charge in [-0.2, -0.15) is 0 Å². The van der Waals surface area contributed by atoms with E-state index in [9.17, 15) is 14.4 Å². The third-order valence-corrected chi connectivity index (χ3v) is 4.32. The topological polar surface area (TPSA) is 81.7 Å². The van der Waals surface area contributed by atoms with Crippen molar-refractivity contribution in [3.05, 3.63) is 57.8 Å². The van der Waals surface area contributed by atoms with E-state index in [0.29, 0.717) is 5.56 Å². The number of carbonyl (C=O) groups excluding carboxylic acids is 3. The van der Waals surface area contributed by atoms with Crippen molar-refractivity contribution >= 4 is 29.2 Å². The van der Waals surface area contributed by atoms with Gasteiger partial charge in [0, 0.05) is 10.4 Å². The van der Waals surface area contributed by atoms with Crippen LogP contribution in [-0.2, 0) is 14.3 Å². The van der Waals surface area contributed by atoms with E-state index in [-0.39, 0.29) is 17.9 Å². The van der Waals surface area contributed by atoms with E-state index < -0.39 is 18.0 Å². The van der Waals surface area contributed by atoms with Crippen LogP contribution in [0.4, 0.5) is 0 Å². The molecule has 0 saturated carbocycles. The van der Waals surface area contributed by atoms with Gasteiger partial charge in [0.2, 0.25) is 0 Å². The second kappa shape index (κ2) is 8.26. The first kappa shape index (κ1) is 17.7. The number of benzene rings is 1. The molecule has 0 saturated heterocycles. The molecule has 0 aliphatic heterocycles. The maximum Gasteiger partial charge on any atom is 0.337 e. The second-order valence-corrected chi connectivity index (χ2v) is 5.87. The number of amides is 1. The SMILES string of the molecule is COC(=O)C[C@H](NC(=O)c1cccc(C(=O)OC)c1)c1cccs1. The zero-order valence-corrected chi connectivity index (χ0v) is 14.1. The van der Waals surface area contributed by atoms with Crippen molar-refractivity contribution in [3.63, 3.8) is 0 Å². The van der Waals surface area contributed by atoms with Gasteiger partial charge in [-0.1, -0.05) is 12.1 Å². The number of hydrogen-bond donors (Lipinski definition) is 1. The Bertz CT molecular complexity index is 726. The highest BCUT2D eigenvalue weighted by molar-refractivity contribution is 7.10. The highest BCUT2D eigenvalue weighted by Crippen LogP contribution is 2.23. The highest BCUT2D eigenvalue weighted by atomic mass is 32.1. The van der Waals surface area contributed by atoms with Gasteiger partial charge in [0.05, 0.1) is 32.2 Å². The molecule has 0 fully saturated rings. The molecule has 0 radical (unpaired) electrons. The van der Waals surface area contributed by atoms with Crippen molar-refractivity contribution in [2.24, 2.45) is 0 Å². The molecule has 24 heavy (non-hydrogen) atoms. The summed E-state index contributed by atoms with van der Waals surface area (Å²) >= 11 is 1.44. The highest BCUT2D eigenvalue weighted by Gasteiger charge is 2.21. The quantitative estimate of drug-likeness (QED) is 0.812. The zero-order chi connectivity index (χ0) is 17.5. The normalized spacial score (nSPS) is 11.4. The number of hydrogen-bond acceptors (Lipinski definition) is 6. The van der Waals surface area contributed by atoms with Crippen molar-refractivity contribution in [3.8, 4) is 0 Å². The Morgan fingerprint density at radius 3 is 2.46 bits per heavy atom. The summed E-state index contributed by atoms with van der Waals surface area (Å²) in [4.78, 5) is 36.5. The lowest BCUT2D eigenvalue weighted by atomic mass is 10.1. The van der Waals surface area contributed by atoms with Gasteiger partial charge < -0.3 is 14.8 Å². The largest absolute Gasteiger partial charge is 0.469 e. The van der Waals surface area contributed by atoms with E-state index in [1.54, 1.807) is 18.2 Å². The number of ether oxygens (including phenoxy) is 2. The van der Waals surface area contributed by atoms with Gasteiger partial charge in [0.25, 0.3) is 5.91 Å². The van der Waals surface area contributed by atoms with Crippen molar-refractivity contribution in [1.29, 1.82) is 0 Å². The second-order valence-electron chi connectivity index (χ2n) is 4.89. The third-order valence-electron chi connectivity index (χ3n) is 3.34. The fraction of sp³-hybridized carbons (Fsp3) is 0.235. The van der Waals surface area contributed by atoms with Crippen molar-refractivity contribution in [1.82, 2.24) is 5.32 Å².